The van der Waals surface area contributed by atoms with E-state index in [4.69, 9.17) is 0 Å². The molecular weight excluding hydrogens is 388 g/mol. The fourth-order valence-corrected chi connectivity index (χ4v) is 5.08. The van der Waals surface area contributed by atoms with E-state index in [1.54, 1.807) is 28.9 Å². The van der Waals surface area contributed by atoms with E-state index in [0.29, 0.717) is 19.5 Å². The lowest BCUT2D eigenvalue weighted by molar-refractivity contribution is -0.118. The minimum Gasteiger partial charge on any atom is -0.313 e. The van der Waals surface area contributed by atoms with Crippen molar-refractivity contribution in [2.75, 3.05) is 22.9 Å². The van der Waals surface area contributed by atoms with Gasteiger partial charge in [0.05, 0.1) is 10.1 Å². The van der Waals surface area contributed by atoms with E-state index in [1.165, 1.54) is 13.0 Å². The van der Waals surface area contributed by atoms with Gasteiger partial charge in [-0.3, -0.25) is 9.59 Å². The number of anilines is 2. The number of hydrogen-bond donors (Lipinski definition) is 0. The van der Waals surface area contributed by atoms with Crippen molar-refractivity contribution in [2.24, 2.45) is 0 Å². The highest BCUT2D eigenvalue weighted by molar-refractivity contribution is 7.92. The van der Waals surface area contributed by atoms with Crippen molar-refractivity contribution in [3.8, 4) is 0 Å². The molecule has 1 aliphatic rings. The predicted octanol–water partition coefficient (Wildman–Crippen LogP) is 3.20. The molecule has 0 spiro atoms. The molecule has 0 fully saturated rings. The van der Waals surface area contributed by atoms with Crippen molar-refractivity contribution < 1.29 is 18.0 Å². The number of para-hydroxylation sites is 1. The summed E-state index contributed by atoms with van der Waals surface area (Å²) < 4.78 is 26.2. The Kier molecular flexibility index (Phi) is 6.07. The molecular formula is C22H26N2O4S. The van der Waals surface area contributed by atoms with Crippen molar-refractivity contribution in [2.45, 2.75) is 43.8 Å². The van der Waals surface area contributed by atoms with Crippen molar-refractivity contribution in [3.05, 3.63) is 54.1 Å². The smallest absolute Gasteiger partial charge is 0.228 e. The maximum atomic E-state index is 13.1. The molecule has 1 heterocycles. The Balaban J connectivity index is 1.79. The Morgan fingerprint density at radius 1 is 1.14 bits per heavy atom. The van der Waals surface area contributed by atoms with E-state index in [-0.39, 0.29) is 23.1 Å². The van der Waals surface area contributed by atoms with Crippen LogP contribution in [0.5, 0.6) is 0 Å². The number of benzene rings is 2. The van der Waals surface area contributed by atoms with Gasteiger partial charge in [-0.05, 0) is 56.2 Å². The quantitative estimate of drug-likeness (QED) is 0.728. The van der Waals surface area contributed by atoms with Crippen molar-refractivity contribution in [1.82, 2.24) is 0 Å². The second-order valence-corrected chi connectivity index (χ2v) is 9.61. The molecule has 29 heavy (non-hydrogen) atoms. The monoisotopic (exact) mass is 414 g/mol. The lowest BCUT2D eigenvalue weighted by Crippen LogP contribution is -2.34. The highest BCUT2D eigenvalue weighted by Crippen LogP contribution is 2.31. The van der Waals surface area contributed by atoms with Crippen molar-refractivity contribution in [3.63, 3.8) is 0 Å². The van der Waals surface area contributed by atoms with Gasteiger partial charge in [-0.25, -0.2) is 8.42 Å². The predicted molar refractivity (Wildman–Crippen MR) is 114 cm³/mol. The summed E-state index contributed by atoms with van der Waals surface area (Å²) in [5.41, 5.74) is 2.37. The zero-order valence-electron chi connectivity index (χ0n) is 17.0. The molecule has 154 valence electrons. The molecule has 2 aromatic carbocycles. The highest BCUT2D eigenvalue weighted by atomic mass is 32.2. The zero-order valence-corrected chi connectivity index (χ0v) is 17.8. The van der Waals surface area contributed by atoms with E-state index in [2.05, 4.69) is 0 Å². The molecule has 0 saturated carbocycles. The van der Waals surface area contributed by atoms with Gasteiger partial charge in [0.25, 0.3) is 0 Å². The maximum absolute atomic E-state index is 13.1. The number of amides is 2. The normalized spacial score (nSPS) is 14.4. The van der Waals surface area contributed by atoms with E-state index in [9.17, 15) is 18.0 Å². The molecule has 0 aromatic heterocycles. The maximum Gasteiger partial charge on any atom is 0.228 e. The number of carbonyl (C=O) groups is 2. The number of rotatable bonds is 6. The summed E-state index contributed by atoms with van der Waals surface area (Å²) >= 11 is 0. The fraction of sp³-hybridized carbons (Fsp3) is 0.364. The lowest BCUT2D eigenvalue weighted by Gasteiger charge is -2.23. The van der Waals surface area contributed by atoms with Crippen LogP contribution >= 0.6 is 0 Å². The average molecular weight is 415 g/mol. The molecule has 1 atom stereocenters. The Morgan fingerprint density at radius 3 is 2.45 bits per heavy atom. The molecule has 0 saturated heterocycles. The van der Waals surface area contributed by atoms with Crippen molar-refractivity contribution in [1.29, 1.82) is 0 Å². The Bertz CT molecular complexity index is 1020. The molecule has 0 bridgehead atoms. The van der Waals surface area contributed by atoms with Crippen LogP contribution in [0.4, 0.5) is 11.4 Å². The molecule has 2 amide bonds. The van der Waals surface area contributed by atoms with Gasteiger partial charge in [-0.15, -0.1) is 0 Å². The Morgan fingerprint density at radius 2 is 1.83 bits per heavy atom. The van der Waals surface area contributed by atoms with Gasteiger partial charge in [0.2, 0.25) is 11.8 Å². The molecule has 0 radical (unpaired) electrons. The van der Waals surface area contributed by atoms with Gasteiger partial charge in [0, 0.05) is 37.8 Å². The van der Waals surface area contributed by atoms with Crippen LogP contribution in [0.3, 0.4) is 0 Å². The van der Waals surface area contributed by atoms with E-state index < -0.39 is 15.1 Å². The first-order chi connectivity index (χ1) is 13.8. The summed E-state index contributed by atoms with van der Waals surface area (Å²) in [7, 11) is -3.67. The third-order valence-electron chi connectivity index (χ3n) is 5.33. The minimum atomic E-state index is -3.67. The number of nitrogens with zero attached hydrogens (tertiary/aromatic N) is 2. The Labute approximate surface area is 172 Å². The molecule has 2 aromatic rings. The molecule has 1 aliphatic heterocycles. The van der Waals surface area contributed by atoms with Crippen LogP contribution in [-0.4, -0.2) is 38.6 Å². The highest BCUT2D eigenvalue weighted by Gasteiger charge is 2.30. The summed E-state index contributed by atoms with van der Waals surface area (Å²) in [6.45, 7) is 5.96. The first-order valence-corrected chi connectivity index (χ1v) is 11.3. The third-order valence-corrected chi connectivity index (χ3v) is 7.47. The second kappa shape index (κ2) is 8.37. The van der Waals surface area contributed by atoms with Gasteiger partial charge in [0.15, 0.2) is 9.84 Å². The van der Waals surface area contributed by atoms with E-state index >= 15 is 0 Å². The van der Waals surface area contributed by atoms with Crippen molar-refractivity contribution >= 4 is 33.0 Å². The molecule has 6 nitrogen and oxygen atoms in total. The van der Waals surface area contributed by atoms with Crippen LogP contribution in [-0.2, 0) is 25.8 Å². The van der Waals surface area contributed by atoms with Crippen LogP contribution in [0, 0.1) is 0 Å². The second-order valence-electron chi connectivity index (χ2n) is 7.24. The molecule has 0 N–H and O–H groups in total. The topological polar surface area (TPSA) is 74.8 Å². The van der Waals surface area contributed by atoms with E-state index in [0.717, 1.165) is 16.9 Å². The van der Waals surface area contributed by atoms with Crippen LogP contribution in [0.15, 0.2) is 53.4 Å². The van der Waals surface area contributed by atoms with E-state index in [1.807, 2.05) is 37.3 Å². The number of fused-ring (bicyclic) bond motifs is 1. The summed E-state index contributed by atoms with van der Waals surface area (Å²) in [6.07, 6.45) is 0.533. The molecule has 0 aliphatic carbocycles. The molecule has 0 unspecified atom stereocenters. The van der Waals surface area contributed by atoms with Gasteiger partial charge in [-0.2, -0.15) is 0 Å². The minimum absolute atomic E-state index is 0.0566. The van der Waals surface area contributed by atoms with Gasteiger partial charge < -0.3 is 9.80 Å². The largest absolute Gasteiger partial charge is 0.313 e. The summed E-state index contributed by atoms with van der Waals surface area (Å²) in [6, 6.07) is 14.1. The lowest BCUT2D eigenvalue weighted by atomic mass is 10.2. The first kappa shape index (κ1) is 21.0. The fourth-order valence-electron chi connectivity index (χ4n) is 3.69. The Hall–Kier alpha value is -2.67. The first-order valence-electron chi connectivity index (χ1n) is 9.76. The van der Waals surface area contributed by atoms with Crippen LogP contribution in [0.1, 0.15) is 32.8 Å². The van der Waals surface area contributed by atoms with Crippen LogP contribution in [0.2, 0.25) is 0 Å². The molecule has 3 rings (SSSR count). The summed E-state index contributed by atoms with van der Waals surface area (Å²) in [5, 5.41) is -0.851. The van der Waals surface area contributed by atoms with Crippen LogP contribution in [0.25, 0.3) is 0 Å². The van der Waals surface area contributed by atoms with Crippen LogP contribution < -0.4 is 9.80 Å². The molecule has 7 heteroatoms. The number of hydrogen-bond acceptors (Lipinski definition) is 4. The number of sulfone groups is 1. The standard InChI is InChI=1S/C22H26N2O4S/c1-4-23(19-8-6-5-7-9-19)22(26)14-16(2)29(27,28)20-10-11-21-18(15-20)12-13-24(21)17(3)25/h5-11,15-16H,4,12-14H2,1-3H3/t16-/m0/s1. The van der Waals surface area contributed by atoms with Gasteiger partial charge in [0.1, 0.15) is 0 Å². The average Bonchev–Trinajstić information content (AvgIpc) is 3.13. The zero-order chi connectivity index (χ0) is 21.2. The SMILES string of the molecule is CCN(C(=O)C[C@H](C)S(=O)(=O)c1ccc2c(c1)CCN2C(C)=O)c1ccccc1. The summed E-state index contributed by atoms with van der Waals surface area (Å²) in [4.78, 5) is 27.9. The summed E-state index contributed by atoms with van der Waals surface area (Å²) in [5.74, 6) is -0.280. The third kappa shape index (κ3) is 4.19. The van der Waals surface area contributed by atoms with Gasteiger partial charge >= 0.3 is 0 Å². The number of carbonyl (C=O) groups excluding carboxylic acids is 2. The van der Waals surface area contributed by atoms with Gasteiger partial charge in [-0.1, -0.05) is 18.2 Å².